The lowest BCUT2D eigenvalue weighted by Gasteiger charge is -2.07. The molecule has 0 aliphatic carbocycles. The maximum Gasteiger partial charge on any atom is 0.266 e. The second-order valence-corrected chi connectivity index (χ2v) is 2.44. The van der Waals surface area contributed by atoms with Crippen LogP contribution in [0.1, 0.15) is 13.3 Å². The van der Waals surface area contributed by atoms with Crippen molar-refractivity contribution < 1.29 is 4.79 Å². The third-order valence-electron chi connectivity index (χ3n) is 1.40. The van der Waals surface area contributed by atoms with E-state index in [-0.39, 0.29) is 0 Å². The van der Waals surface area contributed by atoms with Gasteiger partial charge in [-0.2, -0.15) is 0 Å². The van der Waals surface area contributed by atoms with Gasteiger partial charge in [-0.3, -0.25) is 9.79 Å². The zero-order valence-electron chi connectivity index (χ0n) is 5.87. The van der Waals surface area contributed by atoms with Gasteiger partial charge < -0.3 is 5.73 Å². The number of nitrogens with two attached hydrogens (primary N) is 1. The van der Waals surface area contributed by atoms with Crippen LogP contribution in [0.15, 0.2) is 16.8 Å². The Hall–Kier alpha value is -1.12. The van der Waals surface area contributed by atoms with Crippen LogP contribution in [0.25, 0.3) is 0 Å². The number of allylic oxidation sites excluding steroid dienone is 1. The molecule has 0 radical (unpaired) electrons. The molecule has 0 aromatic carbocycles. The predicted molar refractivity (Wildman–Crippen MR) is 39.6 cm³/mol. The van der Waals surface area contributed by atoms with Crippen molar-refractivity contribution >= 4 is 12.1 Å². The summed E-state index contributed by atoms with van der Waals surface area (Å²) in [6.45, 7) is 2.02. The topological polar surface area (TPSA) is 55.5 Å². The summed E-state index contributed by atoms with van der Waals surface area (Å²) in [5.74, 6) is -0.0530. The SMILES string of the molecule is CC1C=C(C(N)=O)N=CC1. The third kappa shape index (κ3) is 1.43. The van der Waals surface area contributed by atoms with Crippen LogP contribution in [0.5, 0.6) is 0 Å². The Kier molecular flexibility index (Phi) is 1.85. The van der Waals surface area contributed by atoms with Gasteiger partial charge in [-0.1, -0.05) is 6.92 Å². The van der Waals surface area contributed by atoms with Gasteiger partial charge in [-0.15, -0.1) is 0 Å². The summed E-state index contributed by atoms with van der Waals surface area (Å²) in [5, 5.41) is 0. The average molecular weight is 138 g/mol. The molecule has 1 rings (SSSR count). The maximum absolute atomic E-state index is 10.5. The molecule has 54 valence electrons. The monoisotopic (exact) mass is 138 g/mol. The molecule has 0 aromatic rings. The molecular weight excluding hydrogens is 128 g/mol. The average Bonchev–Trinajstić information content (AvgIpc) is 1.88. The summed E-state index contributed by atoms with van der Waals surface area (Å²) >= 11 is 0. The first-order valence-electron chi connectivity index (χ1n) is 3.24. The van der Waals surface area contributed by atoms with E-state index in [9.17, 15) is 4.79 Å². The molecule has 0 saturated carbocycles. The lowest BCUT2D eigenvalue weighted by Crippen LogP contribution is -2.15. The Balaban J connectivity index is 2.76. The molecule has 1 unspecified atom stereocenters. The number of aliphatic imine (C=N–C) groups is 1. The van der Waals surface area contributed by atoms with E-state index in [0.29, 0.717) is 11.6 Å². The summed E-state index contributed by atoms with van der Waals surface area (Å²) in [6.07, 6.45) is 4.42. The van der Waals surface area contributed by atoms with E-state index in [2.05, 4.69) is 4.99 Å². The molecule has 0 fully saturated rings. The van der Waals surface area contributed by atoms with Crippen molar-refractivity contribution in [3.05, 3.63) is 11.8 Å². The molecule has 0 bridgehead atoms. The zero-order valence-corrected chi connectivity index (χ0v) is 5.87. The third-order valence-corrected chi connectivity index (χ3v) is 1.40. The highest BCUT2D eigenvalue weighted by atomic mass is 16.1. The van der Waals surface area contributed by atoms with E-state index in [4.69, 9.17) is 5.73 Å². The standard InChI is InChI=1S/C7H10N2O/c1-5-2-3-9-6(4-5)7(8)10/h3-5H,2H2,1H3,(H2,8,10). The molecule has 1 amide bonds. The fraction of sp³-hybridized carbons (Fsp3) is 0.429. The molecule has 0 aromatic heterocycles. The van der Waals surface area contributed by atoms with Gasteiger partial charge in [-0.25, -0.2) is 0 Å². The molecular formula is C7H10N2O. The van der Waals surface area contributed by atoms with Crippen LogP contribution in [-0.4, -0.2) is 12.1 Å². The molecule has 1 aliphatic heterocycles. The van der Waals surface area contributed by atoms with Crippen molar-refractivity contribution in [2.45, 2.75) is 13.3 Å². The first kappa shape index (κ1) is 6.99. The van der Waals surface area contributed by atoms with E-state index in [1.165, 1.54) is 0 Å². The maximum atomic E-state index is 10.5. The largest absolute Gasteiger partial charge is 0.364 e. The van der Waals surface area contributed by atoms with Gasteiger partial charge >= 0.3 is 0 Å². The number of hydrogen-bond acceptors (Lipinski definition) is 2. The molecule has 0 spiro atoms. The second kappa shape index (κ2) is 2.64. The normalized spacial score (nSPS) is 24.1. The van der Waals surface area contributed by atoms with Crippen molar-refractivity contribution in [2.24, 2.45) is 16.6 Å². The highest BCUT2D eigenvalue weighted by Crippen LogP contribution is 2.11. The minimum absolute atomic E-state index is 0.388. The number of carbonyl (C=O) groups excluding carboxylic acids is 1. The lowest BCUT2D eigenvalue weighted by molar-refractivity contribution is -0.114. The lowest BCUT2D eigenvalue weighted by atomic mass is 10.1. The first-order chi connectivity index (χ1) is 4.70. The van der Waals surface area contributed by atoms with Crippen LogP contribution < -0.4 is 5.73 Å². The predicted octanol–water partition coefficient (Wildman–Crippen LogP) is 0.466. The fourth-order valence-corrected chi connectivity index (χ4v) is 0.844. The van der Waals surface area contributed by atoms with E-state index in [1.54, 1.807) is 12.3 Å². The number of primary amides is 1. The summed E-state index contributed by atoms with van der Waals surface area (Å²) in [5.41, 5.74) is 5.40. The Bertz CT molecular complexity index is 206. The van der Waals surface area contributed by atoms with Crippen LogP contribution >= 0.6 is 0 Å². The fourth-order valence-electron chi connectivity index (χ4n) is 0.844. The minimum Gasteiger partial charge on any atom is -0.364 e. The number of carbonyl (C=O) groups is 1. The zero-order chi connectivity index (χ0) is 7.56. The van der Waals surface area contributed by atoms with Gasteiger partial charge in [0.2, 0.25) is 0 Å². The summed E-state index contributed by atoms with van der Waals surface area (Å²) < 4.78 is 0. The number of nitrogens with zero attached hydrogens (tertiary/aromatic N) is 1. The van der Waals surface area contributed by atoms with Crippen molar-refractivity contribution in [2.75, 3.05) is 0 Å². The molecule has 3 nitrogen and oxygen atoms in total. The molecule has 3 heteroatoms. The molecule has 2 N–H and O–H groups in total. The van der Waals surface area contributed by atoms with Gasteiger partial charge in [0.25, 0.3) is 5.91 Å². The van der Waals surface area contributed by atoms with Gasteiger partial charge in [0.1, 0.15) is 5.70 Å². The van der Waals surface area contributed by atoms with Gasteiger partial charge in [0.15, 0.2) is 0 Å². The van der Waals surface area contributed by atoms with Crippen molar-refractivity contribution in [1.29, 1.82) is 0 Å². The van der Waals surface area contributed by atoms with Gasteiger partial charge in [0.05, 0.1) is 0 Å². The minimum atomic E-state index is -0.442. The molecule has 1 aliphatic rings. The van der Waals surface area contributed by atoms with E-state index >= 15 is 0 Å². The van der Waals surface area contributed by atoms with Crippen molar-refractivity contribution in [1.82, 2.24) is 0 Å². The smallest absolute Gasteiger partial charge is 0.266 e. The Labute approximate surface area is 59.6 Å². The van der Waals surface area contributed by atoms with Gasteiger partial charge in [-0.05, 0) is 18.4 Å². The van der Waals surface area contributed by atoms with Crippen LogP contribution in [-0.2, 0) is 4.79 Å². The molecule has 1 heterocycles. The second-order valence-electron chi connectivity index (χ2n) is 2.44. The molecule has 1 atom stereocenters. The van der Waals surface area contributed by atoms with E-state index in [0.717, 1.165) is 6.42 Å². The number of hydrogen-bond donors (Lipinski definition) is 1. The van der Waals surface area contributed by atoms with Crippen molar-refractivity contribution in [3.63, 3.8) is 0 Å². The number of amides is 1. The first-order valence-corrected chi connectivity index (χ1v) is 3.24. The summed E-state index contributed by atoms with van der Waals surface area (Å²) in [6, 6.07) is 0. The van der Waals surface area contributed by atoms with Crippen LogP contribution in [0.2, 0.25) is 0 Å². The Morgan fingerprint density at radius 3 is 3.00 bits per heavy atom. The summed E-state index contributed by atoms with van der Waals surface area (Å²) in [4.78, 5) is 14.4. The Morgan fingerprint density at radius 2 is 2.60 bits per heavy atom. The van der Waals surface area contributed by atoms with Crippen LogP contribution in [0.3, 0.4) is 0 Å². The Morgan fingerprint density at radius 1 is 1.90 bits per heavy atom. The van der Waals surface area contributed by atoms with Gasteiger partial charge in [0, 0.05) is 6.21 Å². The van der Waals surface area contributed by atoms with Crippen LogP contribution in [0.4, 0.5) is 0 Å². The quantitative estimate of drug-likeness (QED) is 0.562. The van der Waals surface area contributed by atoms with E-state index in [1.807, 2.05) is 6.92 Å². The highest BCUT2D eigenvalue weighted by molar-refractivity contribution is 5.93. The summed E-state index contributed by atoms with van der Waals surface area (Å²) in [7, 11) is 0. The van der Waals surface area contributed by atoms with E-state index < -0.39 is 5.91 Å². The van der Waals surface area contributed by atoms with Crippen molar-refractivity contribution in [3.8, 4) is 0 Å². The highest BCUT2D eigenvalue weighted by Gasteiger charge is 2.08. The molecule has 10 heavy (non-hydrogen) atoms. The van der Waals surface area contributed by atoms with Crippen LogP contribution in [0, 0.1) is 5.92 Å². The number of rotatable bonds is 1. The molecule has 0 saturated heterocycles.